The zero-order valence-electron chi connectivity index (χ0n) is 11.4. The molecule has 0 saturated carbocycles. The number of aliphatic imine (C=N–C) groups is 1. The number of phenols is 1. The molecule has 2 rings (SSSR count). The predicted octanol–water partition coefficient (Wildman–Crippen LogP) is 2.36. The average molecular weight is 275 g/mol. The van der Waals surface area contributed by atoms with Gasteiger partial charge >= 0.3 is 5.97 Å². The Labute approximate surface area is 117 Å². The largest absolute Gasteiger partial charge is 0.507 e. The molecule has 2 aromatic rings. The molecule has 20 heavy (non-hydrogen) atoms. The Morgan fingerprint density at radius 1 is 1.40 bits per heavy atom. The number of aromatic hydroxyl groups is 1. The van der Waals surface area contributed by atoms with Gasteiger partial charge in [0.05, 0.1) is 0 Å². The minimum atomic E-state index is -0.745. The molecule has 6 nitrogen and oxygen atoms in total. The molecule has 0 unspecified atom stereocenters. The van der Waals surface area contributed by atoms with Crippen molar-refractivity contribution in [3.8, 4) is 5.75 Å². The van der Waals surface area contributed by atoms with Crippen LogP contribution in [0.1, 0.15) is 18.9 Å². The highest BCUT2D eigenvalue weighted by Crippen LogP contribution is 2.14. The minimum Gasteiger partial charge on any atom is -0.507 e. The quantitative estimate of drug-likeness (QED) is 0.842. The van der Waals surface area contributed by atoms with Crippen LogP contribution in [-0.4, -0.2) is 32.2 Å². The molecule has 1 aromatic heterocycles. The topological polar surface area (TPSA) is 87.7 Å². The second-order valence-electron chi connectivity index (χ2n) is 3.91. The smallest absolute Gasteiger partial charge is 0.303 e. The molecule has 0 aliphatic carbocycles. The number of hydrogen-bond donors (Lipinski definition) is 2. The summed E-state index contributed by atoms with van der Waals surface area (Å²) in [6.07, 6.45) is 3.63. The van der Waals surface area contributed by atoms with E-state index in [2.05, 4.69) is 10.1 Å². The lowest BCUT2D eigenvalue weighted by Gasteiger charge is -1.95. The van der Waals surface area contributed by atoms with Crippen molar-refractivity contribution in [2.75, 3.05) is 0 Å². The zero-order valence-corrected chi connectivity index (χ0v) is 11.4. The van der Waals surface area contributed by atoms with Gasteiger partial charge in [0.1, 0.15) is 5.75 Å². The lowest BCUT2D eigenvalue weighted by atomic mass is 10.2. The Balaban J connectivity index is 0.000000347. The molecule has 6 heteroatoms. The van der Waals surface area contributed by atoms with Gasteiger partial charge in [0.25, 0.3) is 0 Å². The van der Waals surface area contributed by atoms with E-state index in [1.807, 2.05) is 19.3 Å². The fourth-order valence-electron chi connectivity index (χ4n) is 1.20. The Hall–Kier alpha value is -2.63. The molecule has 0 spiro atoms. The van der Waals surface area contributed by atoms with Gasteiger partial charge in [-0.3, -0.25) is 9.48 Å². The van der Waals surface area contributed by atoms with E-state index < -0.39 is 5.97 Å². The van der Waals surface area contributed by atoms with Crippen LogP contribution >= 0.6 is 0 Å². The van der Waals surface area contributed by atoms with E-state index in [1.54, 1.807) is 42.1 Å². The van der Waals surface area contributed by atoms with E-state index >= 15 is 0 Å². The first-order valence-electron chi connectivity index (χ1n) is 6.06. The third-order valence-electron chi connectivity index (χ3n) is 2.27. The number of aliphatic carboxylic acids is 1. The van der Waals surface area contributed by atoms with Crippen molar-refractivity contribution in [1.29, 1.82) is 0 Å². The SMILES string of the molecule is CCC(=O)O.Cn1ccc(N=Cc2ccccc2O)n1. The fourth-order valence-corrected chi connectivity index (χ4v) is 1.20. The number of hydrogen-bond acceptors (Lipinski definition) is 4. The Morgan fingerprint density at radius 3 is 2.55 bits per heavy atom. The van der Waals surface area contributed by atoms with Gasteiger partial charge in [-0.15, -0.1) is 0 Å². The first-order chi connectivity index (χ1) is 9.52. The third-order valence-corrected chi connectivity index (χ3v) is 2.27. The van der Waals surface area contributed by atoms with Gasteiger partial charge in [0, 0.05) is 37.5 Å². The summed E-state index contributed by atoms with van der Waals surface area (Å²) < 4.78 is 1.68. The number of rotatable bonds is 3. The van der Waals surface area contributed by atoms with Gasteiger partial charge in [0.15, 0.2) is 5.82 Å². The summed E-state index contributed by atoms with van der Waals surface area (Å²) in [5.74, 6) is 0.0999. The highest BCUT2D eigenvalue weighted by atomic mass is 16.4. The molecule has 0 atom stereocenters. The molecule has 0 saturated heterocycles. The number of phenolic OH excluding ortho intramolecular Hbond substituents is 1. The zero-order chi connectivity index (χ0) is 15.0. The molecule has 2 N–H and O–H groups in total. The van der Waals surface area contributed by atoms with Crippen LogP contribution in [-0.2, 0) is 11.8 Å². The van der Waals surface area contributed by atoms with Crippen LogP contribution in [0.5, 0.6) is 5.75 Å². The number of benzene rings is 1. The van der Waals surface area contributed by atoms with Crippen molar-refractivity contribution < 1.29 is 15.0 Å². The minimum absolute atomic E-state index is 0.220. The summed E-state index contributed by atoms with van der Waals surface area (Å²) in [5, 5.41) is 21.3. The van der Waals surface area contributed by atoms with Crippen LogP contribution < -0.4 is 0 Å². The van der Waals surface area contributed by atoms with Crippen LogP contribution in [0.15, 0.2) is 41.5 Å². The van der Waals surface area contributed by atoms with E-state index in [-0.39, 0.29) is 12.2 Å². The fraction of sp³-hybridized carbons (Fsp3) is 0.214. The van der Waals surface area contributed by atoms with Gasteiger partial charge in [0.2, 0.25) is 0 Å². The van der Waals surface area contributed by atoms with Crippen molar-refractivity contribution in [3.63, 3.8) is 0 Å². The first-order valence-corrected chi connectivity index (χ1v) is 6.06. The Kier molecular flexibility index (Phi) is 5.96. The molecular weight excluding hydrogens is 258 g/mol. The number of carbonyl (C=O) groups is 1. The van der Waals surface area contributed by atoms with Crippen molar-refractivity contribution in [3.05, 3.63) is 42.1 Å². The summed E-state index contributed by atoms with van der Waals surface area (Å²) in [6, 6.07) is 8.84. The lowest BCUT2D eigenvalue weighted by molar-refractivity contribution is -0.136. The number of aryl methyl sites for hydroxylation is 1. The van der Waals surface area contributed by atoms with Crippen molar-refractivity contribution in [1.82, 2.24) is 9.78 Å². The van der Waals surface area contributed by atoms with E-state index in [9.17, 15) is 9.90 Å². The maximum atomic E-state index is 9.48. The number of para-hydroxylation sites is 1. The normalized spacial score (nSPS) is 10.1. The summed E-state index contributed by atoms with van der Waals surface area (Å²) >= 11 is 0. The highest BCUT2D eigenvalue weighted by molar-refractivity contribution is 5.84. The molecule has 0 radical (unpaired) electrons. The molecular formula is C14H17N3O3. The van der Waals surface area contributed by atoms with E-state index in [0.717, 1.165) is 0 Å². The molecule has 0 aliphatic rings. The number of nitrogens with zero attached hydrogens (tertiary/aromatic N) is 3. The van der Waals surface area contributed by atoms with Crippen LogP contribution in [0.3, 0.4) is 0 Å². The maximum Gasteiger partial charge on any atom is 0.303 e. The summed E-state index contributed by atoms with van der Waals surface area (Å²) in [4.78, 5) is 13.5. The van der Waals surface area contributed by atoms with Crippen LogP contribution in [0.25, 0.3) is 0 Å². The van der Waals surface area contributed by atoms with Gasteiger partial charge in [-0.2, -0.15) is 5.10 Å². The van der Waals surface area contributed by atoms with Crippen molar-refractivity contribution in [2.45, 2.75) is 13.3 Å². The molecule has 1 heterocycles. The molecule has 106 valence electrons. The van der Waals surface area contributed by atoms with Gasteiger partial charge in [-0.25, -0.2) is 4.99 Å². The van der Waals surface area contributed by atoms with E-state index in [0.29, 0.717) is 11.4 Å². The molecule has 0 fully saturated rings. The number of carboxylic acid groups (broad SMARTS) is 1. The monoisotopic (exact) mass is 275 g/mol. The predicted molar refractivity (Wildman–Crippen MR) is 76.5 cm³/mol. The second-order valence-corrected chi connectivity index (χ2v) is 3.91. The highest BCUT2D eigenvalue weighted by Gasteiger charge is 1.96. The third kappa shape index (κ3) is 5.34. The summed E-state index contributed by atoms with van der Waals surface area (Å²) in [5.41, 5.74) is 0.683. The standard InChI is InChI=1S/C11H11N3O.C3H6O2/c1-14-7-6-11(13-14)12-8-9-4-2-3-5-10(9)15;1-2-3(4)5/h2-8,15H,1H3;2H2,1H3,(H,4,5). The summed E-state index contributed by atoms with van der Waals surface area (Å²) in [7, 11) is 1.83. The second kappa shape index (κ2) is 7.73. The van der Waals surface area contributed by atoms with Gasteiger partial charge < -0.3 is 10.2 Å². The Morgan fingerprint density at radius 2 is 2.05 bits per heavy atom. The van der Waals surface area contributed by atoms with E-state index in [4.69, 9.17) is 5.11 Å². The first kappa shape index (κ1) is 15.4. The van der Waals surface area contributed by atoms with Crippen LogP contribution in [0.2, 0.25) is 0 Å². The molecule has 0 amide bonds. The molecule has 1 aromatic carbocycles. The number of aromatic nitrogens is 2. The number of carboxylic acids is 1. The Bertz CT molecular complexity index is 591. The van der Waals surface area contributed by atoms with Gasteiger partial charge in [-0.1, -0.05) is 19.1 Å². The average Bonchev–Trinajstić information content (AvgIpc) is 2.84. The van der Waals surface area contributed by atoms with Gasteiger partial charge in [-0.05, 0) is 12.1 Å². The molecule has 0 aliphatic heterocycles. The lowest BCUT2D eigenvalue weighted by Crippen LogP contribution is -1.86. The van der Waals surface area contributed by atoms with Crippen LogP contribution in [0.4, 0.5) is 5.82 Å². The van der Waals surface area contributed by atoms with Crippen molar-refractivity contribution in [2.24, 2.45) is 12.0 Å². The maximum absolute atomic E-state index is 9.48. The molecule has 0 bridgehead atoms. The summed E-state index contributed by atoms with van der Waals surface area (Å²) in [6.45, 7) is 1.60. The van der Waals surface area contributed by atoms with E-state index in [1.165, 1.54) is 0 Å². The van der Waals surface area contributed by atoms with Crippen LogP contribution in [0, 0.1) is 0 Å². The van der Waals surface area contributed by atoms with Crippen molar-refractivity contribution >= 4 is 18.0 Å².